The molecular weight excluding hydrogens is 228 g/mol. The lowest BCUT2D eigenvalue weighted by Gasteiger charge is -2.05. The zero-order valence-corrected chi connectivity index (χ0v) is 9.82. The number of carbonyl (C=O) groups is 1. The molecule has 2 heterocycles. The summed E-state index contributed by atoms with van der Waals surface area (Å²) in [4.78, 5) is 14.5. The molecule has 18 heavy (non-hydrogen) atoms. The number of aryl methyl sites for hydroxylation is 1. The van der Waals surface area contributed by atoms with E-state index < -0.39 is 5.91 Å². The number of amides is 1. The number of hydrogen-bond acceptors (Lipinski definition) is 2. The third-order valence-corrected chi connectivity index (χ3v) is 2.98. The van der Waals surface area contributed by atoms with E-state index in [-0.39, 0.29) is 0 Å². The first-order valence-corrected chi connectivity index (χ1v) is 5.58. The molecule has 0 saturated carbocycles. The van der Waals surface area contributed by atoms with Crippen LogP contribution in [0.5, 0.6) is 0 Å². The molecule has 0 aliphatic rings. The molecule has 1 aromatic carbocycles. The first kappa shape index (κ1) is 10.6. The van der Waals surface area contributed by atoms with Gasteiger partial charge in [-0.1, -0.05) is 11.6 Å². The first-order valence-electron chi connectivity index (χ1n) is 5.58. The van der Waals surface area contributed by atoms with E-state index in [0.29, 0.717) is 5.56 Å². The van der Waals surface area contributed by atoms with Crippen LogP contribution in [0.4, 0.5) is 0 Å². The van der Waals surface area contributed by atoms with Crippen molar-refractivity contribution in [1.29, 1.82) is 0 Å². The minimum atomic E-state index is -0.448. The molecule has 0 radical (unpaired) electrons. The number of nitrogens with two attached hydrogens (primary N) is 1. The third-order valence-electron chi connectivity index (χ3n) is 2.98. The van der Waals surface area contributed by atoms with Crippen molar-refractivity contribution in [3.63, 3.8) is 0 Å². The Balaban J connectivity index is 2.31. The van der Waals surface area contributed by atoms with Gasteiger partial charge in [-0.3, -0.25) is 9.89 Å². The van der Waals surface area contributed by atoms with Crippen LogP contribution in [-0.4, -0.2) is 21.1 Å². The molecule has 0 bridgehead atoms. The van der Waals surface area contributed by atoms with Crippen molar-refractivity contribution in [2.75, 3.05) is 0 Å². The van der Waals surface area contributed by atoms with Crippen molar-refractivity contribution in [3.05, 3.63) is 41.7 Å². The van der Waals surface area contributed by atoms with Gasteiger partial charge in [-0.15, -0.1) is 0 Å². The molecule has 90 valence electrons. The van der Waals surface area contributed by atoms with E-state index in [0.717, 1.165) is 27.7 Å². The monoisotopic (exact) mass is 240 g/mol. The largest absolute Gasteiger partial charge is 0.366 e. The number of nitrogens with zero attached hydrogens (tertiary/aromatic N) is 1. The number of carbonyl (C=O) groups excluding carboxylic acids is 1. The highest BCUT2D eigenvalue weighted by molar-refractivity contribution is 6.03. The van der Waals surface area contributed by atoms with Crippen LogP contribution < -0.4 is 5.73 Å². The molecule has 0 aliphatic carbocycles. The number of nitrogens with one attached hydrogen (secondary N) is 2. The quantitative estimate of drug-likeness (QED) is 0.639. The van der Waals surface area contributed by atoms with Crippen molar-refractivity contribution in [2.24, 2.45) is 5.73 Å². The SMILES string of the molecule is Cc1ccc(C(N)=O)c(-c2n[nH]c3c[nH]cc23)c1. The molecule has 4 N–H and O–H groups in total. The first-order chi connectivity index (χ1) is 8.66. The summed E-state index contributed by atoms with van der Waals surface area (Å²) >= 11 is 0. The molecule has 0 spiro atoms. The Labute approximate surface area is 103 Å². The molecule has 1 amide bonds. The van der Waals surface area contributed by atoms with E-state index >= 15 is 0 Å². The summed E-state index contributed by atoms with van der Waals surface area (Å²) in [6, 6.07) is 5.52. The number of hydrogen-bond donors (Lipinski definition) is 3. The summed E-state index contributed by atoms with van der Waals surface area (Å²) in [5.74, 6) is -0.448. The van der Waals surface area contributed by atoms with E-state index in [1.54, 1.807) is 6.07 Å². The van der Waals surface area contributed by atoms with Crippen LogP contribution in [0, 0.1) is 6.92 Å². The third kappa shape index (κ3) is 1.48. The van der Waals surface area contributed by atoms with Gasteiger partial charge in [-0.05, 0) is 19.1 Å². The van der Waals surface area contributed by atoms with Crippen LogP contribution in [0.15, 0.2) is 30.6 Å². The maximum Gasteiger partial charge on any atom is 0.249 e. The normalized spacial score (nSPS) is 10.9. The summed E-state index contributed by atoms with van der Waals surface area (Å²) in [5, 5.41) is 8.12. The summed E-state index contributed by atoms with van der Waals surface area (Å²) in [6.45, 7) is 1.97. The van der Waals surface area contributed by atoms with Crippen LogP contribution in [0.3, 0.4) is 0 Å². The van der Waals surface area contributed by atoms with E-state index in [2.05, 4.69) is 15.2 Å². The fraction of sp³-hybridized carbons (Fsp3) is 0.0769. The van der Waals surface area contributed by atoms with E-state index in [1.807, 2.05) is 31.5 Å². The minimum absolute atomic E-state index is 0.448. The second-order valence-electron chi connectivity index (χ2n) is 4.27. The molecular formula is C13H12N4O. The van der Waals surface area contributed by atoms with Crippen LogP contribution in [-0.2, 0) is 0 Å². The Morgan fingerprint density at radius 2 is 2.17 bits per heavy atom. The molecule has 5 nitrogen and oxygen atoms in total. The van der Waals surface area contributed by atoms with Crippen LogP contribution in [0.25, 0.3) is 22.2 Å². The van der Waals surface area contributed by atoms with E-state index in [1.165, 1.54) is 0 Å². The minimum Gasteiger partial charge on any atom is -0.366 e. The number of aromatic nitrogens is 3. The van der Waals surface area contributed by atoms with E-state index in [9.17, 15) is 4.79 Å². The van der Waals surface area contributed by atoms with Crippen molar-refractivity contribution in [3.8, 4) is 11.3 Å². The zero-order valence-electron chi connectivity index (χ0n) is 9.82. The predicted octanol–water partition coefficient (Wildman–Crippen LogP) is 1.97. The predicted molar refractivity (Wildman–Crippen MR) is 69.1 cm³/mol. The topological polar surface area (TPSA) is 87.6 Å². The number of benzene rings is 1. The zero-order chi connectivity index (χ0) is 12.7. The van der Waals surface area contributed by atoms with Gasteiger partial charge in [-0.25, -0.2) is 0 Å². The Morgan fingerprint density at radius 3 is 2.94 bits per heavy atom. The van der Waals surface area contributed by atoms with Gasteiger partial charge in [0.1, 0.15) is 5.69 Å². The van der Waals surface area contributed by atoms with Gasteiger partial charge >= 0.3 is 0 Å². The highest BCUT2D eigenvalue weighted by atomic mass is 16.1. The van der Waals surface area contributed by atoms with Crippen LogP contribution in [0.2, 0.25) is 0 Å². The Hall–Kier alpha value is -2.56. The maximum atomic E-state index is 11.5. The standard InChI is InChI=1S/C13H12N4O/c1-7-2-3-8(13(14)18)9(4-7)12-10-5-15-6-11(10)16-17-12/h2-6,15-16H,1H3,(H2,14,18). The van der Waals surface area contributed by atoms with Crippen LogP contribution in [0.1, 0.15) is 15.9 Å². The number of primary amides is 1. The molecule has 5 heteroatoms. The fourth-order valence-corrected chi connectivity index (χ4v) is 2.10. The Kier molecular flexibility index (Phi) is 2.19. The van der Waals surface area contributed by atoms with Gasteiger partial charge in [0, 0.05) is 28.9 Å². The van der Waals surface area contributed by atoms with Crippen molar-refractivity contribution >= 4 is 16.8 Å². The fourth-order valence-electron chi connectivity index (χ4n) is 2.10. The average Bonchev–Trinajstić information content (AvgIpc) is 2.89. The van der Waals surface area contributed by atoms with Gasteiger partial charge in [0.25, 0.3) is 0 Å². The second-order valence-corrected chi connectivity index (χ2v) is 4.27. The maximum absolute atomic E-state index is 11.5. The number of rotatable bonds is 2. The lowest BCUT2D eigenvalue weighted by molar-refractivity contribution is 0.100. The van der Waals surface area contributed by atoms with Gasteiger partial charge in [-0.2, -0.15) is 5.10 Å². The number of fused-ring (bicyclic) bond motifs is 1. The highest BCUT2D eigenvalue weighted by Gasteiger charge is 2.15. The number of H-pyrrole nitrogens is 2. The molecule has 3 rings (SSSR count). The van der Waals surface area contributed by atoms with Gasteiger partial charge in [0.05, 0.1) is 5.52 Å². The average molecular weight is 240 g/mol. The Morgan fingerprint density at radius 1 is 1.33 bits per heavy atom. The molecule has 0 unspecified atom stereocenters. The van der Waals surface area contributed by atoms with Gasteiger partial charge in [0.2, 0.25) is 5.91 Å². The molecule has 2 aromatic heterocycles. The molecule has 0 fully saturated rings. The Bertz CT molecular complexity index is 738. The van der Waals surface area contributed by atoms with Crippen molar-refractivity contribution < 1.29 is 4.79 Å². The summed E-state index contributed by atoms with van der Waals surface area (Å²) < 4.78 is 0. The smallest absolute Gasteiger partial charge is 0.249 e. The highest BCUT2D eigenvalue weighted by Crippen LogP contribution is 2.29. The van der Waals surface area contributed by atoms with Gasteiger partial charge < -0.3 is 10.7 Å². The van der Waals surface area contributed by atoms with Gasteiger partial charge in [0.15, 0.2) is 0 Å². The molecule has 0 atom stereocenters. The second kappa shape index (κ2) is 3.73. The van der Waals surface area contributed by atoms with Crippen molar-refractivity contribution in [1.82, 2.24) is 15.2 Å². The number of aromatic amines is 2. The summed E-state index contributed by atoms with van der Waals surface area (Å²) in [6.07, 6.45) is 3.67. The van der Waals surface area contributed by atoms with Crippen molar-refractivity contribution in [2.45, 2.75) is 6.92 Å². The lowest BCUT2D eigenvalue weighted by atomic mass is 10.00. The molecule has 3 aromatic rings. The van der Waals surface area contributed by atoms with Crippen LogP contribution >= 0.6 is 0 Å². The molecule has 0 saturated heterocycles. The van der Waals surface area contributed by atoms with E-state index in [4.69, 9.17) is 5.73 Å². The summed E-state index contributed by atoms with van der Waals surface area (Å²) in [5.41, 5.74) is 9.35. The summed E-state index contributed by atoms with van der Waals surface area (Å²) in [7, 11) is 0. The lowest BCUT2D eigenvalue weighted by Crippen LogP contribution is -2.12. The molecule has 0 aliphatic heterocycles.